The number of benzene rings is 2. The van der Waals surface area contributed by atoms with Crippen LogP contribution in [0.1, 0.15) is 31.2 Å². The first kappa shape index (κ1) is 21.7. The molecule has 0 radical (unpaired) electrons. The van der Waals surface area contributed by atoms with Crippen LogP contribution in [0, 0.1) is 6.92 Å². The number of rotatable bonds is 7. The Balaban J connectivity index is 1.33. The number of nitrogens with one attached hydrogen (secondary N) is 1. The Hall–Kier alpha value is -2.51. The molecule has 0 saturated carbocycles. The molecule has 1 saturated heterocycles. The van der Waals surface area contributed by atoms with Gasteiger partial charge in [-0.1, -0.05) is 18.2 Å². The second-order valence-electron chi connectivity index (χ2n) is 7.86. The van der Waals surface area contributed by atoms with Crippen LogP contribution in [0.3, 0.4) is 0 Å². The summed E-state index contributed by atoms with van der Waals surface area (Å²) in [6, 6.07) is 13.6. The molecule has 1 atom stereocenters. The van der Waals surface area contributed by atoms with Crippen molar-refractivity contribution in [1.82, 2.24) is 0 Å². The van der Waals surface area contributed by atoms with Crippen LogP contribution in [0.15, 0.2) is 47.4 Å². The number of hydrogen-bond donors (Lipinski definition) is 1. The second kappa shape index (κ2) is 10.2. The summed E-state index contributed by atoms with van der Waals surface area (Å²) in [7, 11) is 0. The van der Waals surface area contributed by atoms with E-state index in [1.54, 1.807) is 16.7 Å². The van der Waals surface area contributed by atoms with Crippen molar-refractivity contribution in [2.24, 2.45) is 0 Å². The molecule has 1 fully saturated rings. The average Bonchev–Trinajstić information content (AvgIpc) is 3.31. The summed E-state index contributed by atoms with van der Waals surface area (Å²) in [4.78, 5) is 28.3. The number of anilines is 2. The molecule has 2 aliphatic heterocycles. The lowest BCUT2D eigenvalue weighted by molar-refractivity contribution is -0.122. The topological polar surface area (TPSA) is 67.9 Å². The van der Waals surface area contributed by atoms with E-state index in [9.17, 15) is 9.59 Å². The Morgan fingerprint density at radius 3 is 2.94 bits per heavy atom. The first-order chi connectivity index (χ1) is 15.1. The van der Waals surface area contributed by atoms with Gasteiger partial charge in [-0.2, -0.15) is 0 Å². The standard InChI is InChI=1S/C24H28N2O4S/c1-17-8-9-19(21(15-17)30-16-18-5-4-13-29-18)25-23(27)10-11-24(28)26-12-14-31-22-7-3-2-6-20(22)26/h2-3,6-9,15,18H,4-5,10-14,16H2,1H3,(H,25,27). The summed E-state index contributed by atoms with van der Waals surface area (Å²) in [6.45, 7) is 3.90. The van der Waals surface area contributed by atoms with Gasteiger partial charge in [0.15, 0.2) is 0 Å². The summed E-state index contributed by atoms with van der Waals surface area (Å²) in [6.07, 6.45) is 2.45. The molecule has 0 aromatic heterocycles. The maximum Gasteiger partial charge on any atom is 0.227 e. The summed E-state index contributed by atoms with van der Waals surface area (Å²) >= 11 is 1.76. The van der Waals surface area contributed by atoms with Crippen LogP contribution in [-0.4, -0.2) is 43.4 Å². The van der Waals surface area contributed by atoms with E-state index >= 15 is 0 Å². The molecule has 2 aliphatic rings. The molecule has 0 spiro atoms. The van der Waals surface area contributed by atoms with Crippen molar-refractivity contribution in [2.45, 2.75) is 43.6 Å². The van der Waals surface area contributed by atoms with Crippen molar-refractivity contribution in [2.75, 3.05) is 35.7 Å². The number of amides is 2. The van der Waals surface area contributed by atoms with Gasteiger partial charge in [0.05, 0.1) is 17.5 Å². The third-order valence-electron chi connectivity index (χ3n) is 5.46. The minimum Gasteiger partial charge on any atom is -0.489 e. The molecule has 2 aromatic rings. The predicted molar refractivity (Wildman–Crippen MR) is 123 cm³/mol. The van der Waals surface area contributed by atoms with Crippen LogP contribution in [0.25, 0.3) is 0 Å². The molecule has 0 bridgehead atoms. The van der Waals surface area contributed by atoms with Gasteiger partial charge in [-0.15, -0.1) is 11.8 Å². The average molecular weight is 441 g/mol. The highest BCUT2D eigenvalue weighted by molar-refractivity contribution is 7.99. The molecule has 0 aliphatic carbocycles. The van der Waals surface area contributed by atoms with E-state index in [0.717, 1.165) is 41.3 Å². The fourth-order valence-corrected chi connectivity index (χ4v) is 4.80. The first-order valence-electron chi connectivity index (χ1n) is 10.8. The smallest absolute Gasteiger partial charge is 0.227 e. The Morgan fingerprint density at radius 2 is 2.10 bits per heavy atom. The molecule has 31 heavy (non-hydrogen) atoms. The van der Waals surface area contributed by atoms with E-state index < -0.39 is 0 Å². The summed E-state index contributed by atoms with van der Waals surface area (Å²) in [5.74, 6) is 1.28. The number of hydrogen-bond acceptors (Lipinski definition) is 5. The highest BCUT2D eigenvalue weighted by Crippen LogP contribution is 2.34. The number of aryl methyl sites for hydroxylation is 1. The van der Waals surface area contributed by atoms with Crippen molar-refractivity contribution in [1.29, 1.82) is 0 Å². The van der Waals surface area contributed by atoms with Crippen molar-refractivity contribution < 1.29 is 19.1 Å². The van der Waals surface area contributed by atoms with Crippen molar-refractivity contribution in [3.05, 3.63) is 48.0 Å². The molecular formula is C24H28N2O4S. The summed E-state index contributed by atoms with van der Waals surface area (Å²) < 4.78 is 11.6. The zero-order chi connectivity index (χ0) is 21.6. The zero-order valence-corrected chi connectivity index (χ0v) is 18.6. The van der Waals surface area contributed by atoms with Crippen LogP contribution in [0.5, 0.6) is 5.75 Å². The Bertz CT molecular complexity index is 943. The zero-order valence-electron chi connectivity index (χ0n) is 17.8. The Morgan fingerprint density at radius 1 is 1.23 bits per heavy atom. The lowest BCUT2D eigenvalue weighted by Gasteiger charge is -2.29. The third kappa shape index (κ3) is 5.60. The van der Waals surface area contributed by atoms with E-state index in [4.69, 9.17) is 9.47 Å². The monoisotopic (exact) mass is 440 g/mol. The number of thioether (sulfide) groups is 1. The molecule has 6 nitrogen and oxygen atoms in total. The molecule has 1 unspecified atom stereocenters. The lowest BCUT2D eigenvalue weighted by atomic mass is 10.2. The van der Waals surface area contributed by atoms with Gasteiger partial charge in [0, 0.05) is 36.6 Å². The van der Waals surface area contributed by atoms with Gasteiger partial charge >= 0.3 is 0 Å². The van der Waals surface area contributed by atoms with Crippen LogP contribution in [0.2, 0.25) is 0 Å². The van der Waals surface area contributed by atoms with Crippen LogP contribution in [0.4, 0.5) is 11.4 Å². The minimum atomic E-state index is -0.196. The second-order valence-corrected chi connectivity index (χ2v) is 8.99. The molecule has 164 valence electrons. The molecule has 2 heterocycles. The maximum absolute atomic E-state index is 12.8. The number of nitrogens with zero attached hydrogens (tertiary/aromatic N) is 1. The van der Waals surface area contributed by atoms with E-state index in [0.29, 0.717) is 24.6 Å². The van der Waals surface area contributed by atoms with Crippen LogP contribution in [-0.2, 0) is 14.3 Å². The number of carbonyl (C=O) groups is 2. The van der Waals surface area contributed by atoms with E-state index in [1.165, 1.54) is 0 Å². The fourth-order valence-electron chi connectivity index (χ4n) is 3.81. The van der Waals surface area contributed by atoms with Gasteiger partial charge in [0.1, 0.15) is 12.4 Å². The molecule has 7 heteroatoms. The van der Waals surface area contributed by atoms with Crippen molar-refractivity contribution in [3.63, 3.8) is 0 Å². The van der Waals surface area contributed by atoms with Gasteiger partial charge in [0.2, 0.25) is 11.8 Å². The highest BCUT2D eigenvalue weighted by atomic mass is 32.2. The fraction of sp³-hybridized carbons (Fsp3) is 0.417. The lowest BCUT2D eigenvalue weighted by Crippen LogP contribution is -2.35. The number of ether oxygens (including phenoxy) is 2. The molecule has 2 amide bonds. The van der Waals surface area contributed by atoms with Crippen molar-refractivity contribution in [3.8, 4) is 5.75 Å². The molecule has 2 aromatic carbocycles. The van der Waals surface area contributed by atoms with E-state index in [2.05, 4.69) is 5.32 Å². The van der Waals surface area contributed by atoms with Crippen LogP contribution < -0.4 is 15.0 Å². The number of carbonyl (C=O) groups excluding carboxylic acids is 2. The molecule has 4 rings (SSSR count). The van der Waals surface area contributed by atoms with Crippen molar-refractivity contribution >= 4 is 35.0 Å². The Labute approximate surface area is 187 Å². The third-order valence-corrected chi connectivity index (χ3v) is 6.50. The number of para-hydroxylation sites is 1. The SMILES string of the molecule is Cc1ccc(NC(=O)CCC(=O)N2CCSc3ccccc32)c(OCC2CCCO2)c1. The minimum absolute atomic E-state index is 0.0262. The van der Waals surface area contributed by atoms with Gasteiger partial charge in [-0.05, 0) is 49.6 Å². The quantitative estimate of drug-likeness (QED) is 0.691. The predicted octanol–water partition coefficient (Wildman–Crippen LogP) is 4.41. The van der Waals surface area contributed by atoms with Gasteiger partial charge < -0.3 is 19.7 Å². The Kier molecular flexibility index (Phi) is 7.14. The van der Waals surface area contributed by atoms with E-state index in [-0.39, 0.29) is 30.8 Å². The van der Waals surface area contributed by atoms with Gasteiger partial charge in [-0.3, -0.25) is 9.59 Å². The highest BCUT2D eigenvalue weighted by Gasteiger charge is 2.23. The number of fused-ring (bicyclic) bond motifs is 1. The maximum atomic E-state index is 12.8. The first-order valence-corrected chi connectivity index (χ1v) is 11.8. The van der Waals surface area contributed by atoms with E-state index in [1.807, 2.05) is 49.4 Å². The summed E-state index contributed by atoms with van der Waals surface area (Å²) in [5, 5.41) is 2.91. The molecular weight excluding hydrogens is 412 g/mol. The molecule has 1 N–H and O–H groups in total. The normalized spacial score (nSPS) is 17.8. The summed E-state index contributed by atoms with van der Waals surface area (Å²) in [5.41, 5.74) is 2.62. The van der Waals surface area contributed by atoms with Gasteiger partial charge in [-0.25, -0.2) is 0 Å². The largest absolute Gasteiger partial charge is 0.489 e. The van der Waals surface area contributed by atoms with Gasteiger partial charge in [0.25, 0.3) is 0 Å². The van der Waals surface area contributed by atoms with Crippen LogP contribution >= 0.6 is 11.8 Å².